The predicted octanol–water partition coefficient (Wildman–Crippen LogP) is 1.35. The maximum atomic E-state index is 12.1. The molecule has 0 saturated heterocycles. The van der Waals surface area contributed by atoms with Gasteiger partial charge in [0.25, 0.3) is 0 Å². The molecule has 1 aromatic rings. The van der Waals surface area contributed by atoms with Gasteiger partial charge in [0, 0.05) is 12.1 Å². The molecule has 0 unspecified atom stereocenters. The molecule has 0 heterocycles. The van der Waals surface area contributed by atoms with E-state index in [-0.39, 0.29) is 16.6 Å². The van der Waals surface area contributed by atoms with Crippen molar-refractivity contribution >= 4 is 15.7 Å². The van der Waals surface area contributed by atoms with Crippen LogP contribution in [0.1, 0.15) is 19.8 Å². The molecule has 1 aliphatic rings. The van der Waals surface area contributed by atoms with Crippen LogP contribution in [0.15, 0.2) is 23.1 Å². The Kier molecular flexibility index (Phi) is 3.49. The van der Waals surface area contributed by atoms with Crippen LogP contribution in [0.25, 0.3) is 0 Å². The second-order valence-electron chi connectivity index (χ2n) is 4.80. The van der Waals surface area contributed by atoms with Crippen LogP contribution in [0, 0.1) is 5.92 Å². The van der Waals surface area contributed by atoms with E-state index in [0.29, 0.717) is 11.7 Å². The van der Waals surface area contributed by atoms with Gasteiger partial charge in [-0.2, -0.15) is 0 Å². The molecule has 1 saturated carbocycles. The van der Waals surface area contributed by atoms with Gasteiger partial charge in [-0.15, -0.1) is 0 Å². The summed E-state index contributed by atoms with van der Waals surface area (Å²) >= 11 is 0. The van der Waals surface area contributed by atoms with Crippen molar-refractivity contribution in [3.8, 4) is 5.75 Å². The lowest BCUT2D eigenvalue weighted by atomic mass is 9.83. The van der Waals surface area contributed by atoms with Crippen LogP contribution in [0.2, 0.25) is 0 Å². The van der Waals surface area contributed by atoms with E-state index in [1.165, 1.54) is 19.2 Å². The van der Waals surface area contributed by atoms with Crippen molar-refractivity contribution in [3.05, 3.63) is 18.2 Å². The Morgan fingerprint density at radius 2 is 2.06 bits per heavy atom. The average Bonchev–Trinajstić information content (AvgIpc) is 2.26. The minimum absolute atomic E-state index is 0.0338. The Hall–Kier alpha value is -1.27. The molecule has 6 heteroatoms. The largest absolute Gasteiger partial charge is 0.497 e. The van der Waals surface area contributed by atoms with E-state index in [2.05, 4.69) is 11.6 Å². The van der Waals surface area contributed by atoms with Crippen LogP contribution in [-0.4, -0.2) is 21.6 Å². The Bertz CT molecular complexity index is 536. The zero-order valence-electron chi connectivity index (χ0n) is 10.5. The zero-order valence-corrected chi connectivity index (χ0v) is 11.3. The maximum absolute atomic E-state index is 12.1. The minimum atomic E-state index is -3.53. The van der Waals surface area contributed by atoms with E-state index in [4.69, 9.17) is 10.5 Å². The van der Waals surface area contributed by atoms with Crippen molar-refractivity contribution in [2.75, 3.05) is 12.8 Å². The average molecular weight is 270 g/mol. The Balaban J connectivity index is 2.19. The minimum Gasteiger partial charge on any atom is -0.497 e. The molecule has 3 N–H and O–H groups in total. The molecule has 0 spiro atoms. The van der Waals surface area contributed by atoms with Crippen molar-refractivity contribution in [1.82, 2.24) is 4.72 Å². The predicted molar refractivity (Wildman–Crippen MR) is 69.9 cm³/mol. The molecule has 2 rings (SSSR count). The fourth-order valence-corrected chi connectivity index (χ4v) is 3.55. The molecule has 0 radical (unpaired) electrons. The first-order valence-corrected chi connectivity index (χ1v) is 7.36. The number of methoxy groups -OCH3 is 1. The number of nitrogens with two attached hydrogens (primary N) is 1. The summed E-state index contributed by atoms with van der Waals surface area (Å²) in [5, 5.41) is 0. The Labute approximate surface area is 107 Å². The summed E-state index contributed by atoms with van der Waals surface area (Å²) in [6.45, 7) is 2.10. The van der Waals surface area contributed by atoms with E-state index in [1.54, 1.807) is 6.07 Å². The molecule has 0 aliphatic heterocycles. The van der Waals surface area contributed by atoms with Gasteiger partial charge in [0.15, 0.2) is 0 Å². The van der Waals surface area contributed by atoms with Crippen LogP contribution in [0.5, 0.6) is 5.75 Å². The van der Waals surface area contributed by atoms with Gasteiger partial charge >= 0.3 is 0 Å². The summed E-state index contributed by atoms with van der Waals surface area (Å²) < 4.78 is 31.9. The molecule has 18 heavy (non-hydrogen) atoms. The number of benzene rings is 1. The molecule has 1 fully saturated rings. The van der Waals surface area contributed by atoms with Crippen LogP contribution in [0.3, 0.4) is 0 Å². The third kappa shape index (κ3) is 2.59. The molecule has 1 aromatic carbocycles. The molecule has 1 aliphatic carbocycles. The Morgan fingerprint density at radius 1 is 1.39 bits per heavy atom. The van der Waals surface area contributed by atoms with Crippen molar-refractivity contribution in [2.45, 2.75) is 30.7 Å². The van der Waals surface area contributed by atoms with Crippen molar-refractivity contribution in [1.29, 1.82) is 0 Å². The van der Waals surface area contributed by atoms with Crippen LogP contribution >= 0.6 is 0 Å². The summed E-state index contributed by atoms with van der Waals surface area (Å²) in [6.07, 6.45) is 1.77. The molecule has 100 valence electrons. The monoisotopic (exact) mass is 270 g/mol. The van der Waals surface area contributed by atoms with Gasteiger partial charge < -0.3 is 10.5 Å². The van der Waals surface area contributed by atoms with Crippen molar-refractivity contribution in [3.63, 3.8) is 0 Å². The number of hydrogen-bond donors (Lipinski definition) is 2. The molecule has 0 amide bonds. The summed E-state index contributed by atoms with van der Waals surface area (Å²) in [5.41, 5.74) is 5.95. The highest BCUT2D eigenvalue weighted by atomic mass is 32.2. The van der Waals surface area contributed by atoms with Gasteiger partial charge in [-0.25, -0.2) is 13.1 Å². The smallest absolute Gasteiger partial charge is 0.242 e. The van der Waals surface area contributed by atoms with Gasteiger partial charge in [-0.05, 0) is 30.9 Å². The second-order valence-corrected chi connectivity index (χ2v) is 6.48. The lowest BCUT2D eigenvalue weighted by Gasteiger charge is -2.33. The van der Waals surface area contributed by atoms with Gasteiger partial charge in [0.1, 0.15) is 10.6 Å². The van der Waals surface area contributed by atoms with Crippen molar-refractivity contribution in [2.24, 2.45) is 5.92 Å². The standard InChI is InChI=1S/C12H18N2O3S/c1-8-5-9(6-8)14-18(15,16)12-4-3-10(17-2)7-11(12)13/h3-4,7-9,14H,5-6,13H2,1-2H3. The highest BCUT2D eigenvalue weighted by Crippen LogP contribution is 2.29. The molecular weight excluding hydrogens is 252 g/mol. The summed E-state index contributed by atoms with van der Waals surface area (Å²) in [5.74, 6) is 1.13. The SMILES string of the molecule is COc1ccc(S(=O)(=O)NC2CC(C)C2)c(N)c1. The third-order valence-corrected chi connectivity index (χ3v) is 4.80. The number of ether oxygens (including phenoxy) is 1. The lowest BCUT2D eigenvalue weighted by molar-refractivity contribution is 0.270. The van der Waals surface area contributed by atoms with Crippen LogP contribution in [-0.2, 0) is 10.0 Å². The number of sulfonamides is 1. The summed E-state index contributed by atoms with van der Waals surface area (Å²) in [7, 11) is -2.02. The van der Waals surface area contributed by atoms with Gasteiger partial charge in [0.05, 0.1) is 12.8 Å². The van der Waals surface area contributed by atoms with E-state index in [1.807, 2.05) is 0 Å². The first-order valence-electron chi connectivity index (χ1n) is 5.88. The number of nitrogen functional groups attached to an aromatic ring is 1. The quantitative estimate of drug-likeness (QED) is 0.809. The first kappa shape index (κ1) is 13.2. The lowest BCUT2D eigenvalue weighted by Crippen LogP contribution is -2.43. The highest BCUT2D eigenvalue weighted by Gasteiger charge is 2.30. The van der Waals surface area contributed by atoms with E-state index < -0.39 is 10.0 Å². The normalized spacial score (nSPS) is 23.4. The number of rotatable bonds is 4. The maximum Gasteiger partial charge on any atom is 0.242 e. The van der Waals surface area contributed by atoms with Crippen LogP contribution in [0.4, 0.5) is 5.69 Å². The number of hydrogen-bond acceptors (Lipinski definition) is 4. The molecule has 0 aromatic heterocycles. The first-order chi connectivity index (χ1) is 8.42. The Morgan fingerprint density at radius 3 is 2.56 bits per heavy atom. The van der Waals surface area contributed by atoms with Gasteiger partial charge in [-0.3, -0.25) is 0 Å². The van der Waals surface area contributed by atoms with E-state index >= 15 is 0 Å². The molecular formula is C12H18N2O3S. The van der Waals surface area contributed by atoms with Gasteiger partial charge in [-0.1, -0.05) is 6.92 Å². The molecule has 5 nitrogen and oxygen atoms in total. The molecule has 0 bridgehead atoms. The van der Waals surface area contributed by atoms with Crippen molar-refractivity contribution < 1.29 is 13.2 Å². The summed E-state index contributed by atoms with van der Waals surface area (Å²) in [6, 6.07) is 4.61. The highest BCUT2D eigenvalue weighted by molar-refractivity contribution is 7.89. The third-order valence-electron chi connectivity index (χ3n) is 3.20. The topological polar surface area (TPSA) is 81.4 Å². The number of anilines is 1. The summed E-state index contributed by atoms with van der Waals surface area (Å²) in [4.78, 5) is 0.114. The van der Waals surface area contributed by atoms with Crippen LogP contribution < -0.4 is 15.2 Å². The fourth-order valence-electron chi connectivity index (χ4n) is 2.18. The van der Waals surface area contributed by atoms with Gasteiger partial charge in [0.2, 0.25) is 10.0 Å². The van der Waals surface area contributed by atoms with E-state index in [9.17, 15) is 8.42 Å². The van der Waals surface area contributed by atoms with E-state index in [0.717, 1.165) is 12.8 Å². The second kappa shape index (κ2) is 4.78. The fraction of sp³-hybridized carbons (Fsp3) is 0.500. The molecule has 0 atom stereocenters. The zero-order chi connectivity index (χ0) is 13.3. The number of nitrogens with one attached hydrogen (secondary N) is 1.